The standard InChI is InChI=1S/C25H30ClN5O3/c1-14-7-5-6-8-17(14)20(32)18-13-27-21-19(18)22(31-23(26)30-21)28-15-9-11-16(12-10-15)29-24(33)34-25(2,3)4/h5-8,13,15-16H,9-12H2,1-4H3,(H,29,33)(H2,27,28,30,31)/t15-,16+. The van der Waals surface area contributed by atoms with Crippen LogP contribution < -0.4 is 10.6 Å². The summed E-state index contributed by atoms with van der Waals surface area (Å²) in [7, 11) is 0. The zero-order valence-corrected chi connectivity index (χ0v) is 20.6. The number of aryl methyl sites for hydroxylation is 1. The summed E-state index contributed by atoms with van der Waals surface area (Å²) in [5.41, 5.74) is 2.04. The number of anilines is 1. The number of carbonyl (C=O) groups excluding carboxylic acids is 2. The van der Waals surface area contributed by atoms with Crippen LogP contribution >= 0.6 is 11.6 Å². The molecule has 0 saturated heterocycles. The van der Waals surface area contributed by atoms with E-state index in [0.717, 1.165) is 31.2 Å². The highest BCUT2D eigenvalue weighted by molar-refractivity contribution is 6.29. The number of nitrogens with zero attached hydrogens (tertiary/aromatic N) is 2. The summed E-state index contributed by atoms with van der Waals surface area (Å²) in [6.45, 7) is 7.46. The molecule has 3 N–H and O–H groups in total. The highest BCUT2D eigenvalue weighted by atomic mass is 35.5. The molecule has 2 aromatic heterocycles. The van der Waals surface area contributed by atoms with Gasteiger partial charge in [-0.1, -0.05) is 24.3 Å². The molecule has 0 radical (unpaired) electrons. The van der Waals surface area contributed by atoms with E-state index in [4.69, 9.17) is 16.3 Å². The Kier molecular flexibility index (Phi) is 6.79. The average molecular weight is 484 g/mol. The lowest BCUT2D eigenvalue weighted by molar-refractivity contribution is 0.0492. The zero-order valence-electron chi connectivity index (χ0n) is 19.9. The minimum atomic E-state index is -0.523. The minimum Gasteiger partial charge on any atom is -0.444 e. The van der Waals surface area contributed by atoms with Gasteiger partial charge in [-0.15, -0.1) is 0 Å². The van der Waals surface area contributed by atoms with Crippen molar-refractivity contribution in [3.8, 4) is 0 Å². The van der Waals surface area contributed by atoms with E-state index in [0.29, 0.717) is 28.0 Å². The van der Waals surface area contributed by atoms with Crippen molar-refractivity contribution in [3.05, 3.63) is 52.4 Å². The van der Waals surface area contributed by atoms with E-state index in [-0.39, 0.29) is 29.2 Å². The van der Waals surface area contributed by atoms with Gasteiger partial charge in [0.1, 0.15) is 17.1 Å². The predicted molar refractivity (Wildman–Crippen MR) is 133 cm³/mol. The summed E-state index contributed by atoms with van der Waals surface area (Å²) < 4.78 is 5.36. The second-order valence-corrected chi connectivity index (χ2v) is 10.1. The smallest absolute Gasteiger partial charge is 0.407 e. The van der Waals surface area contributed by atoms with E-state index < -0.39 is 5.60 Å². The molecule has 0 bridgehead atoms. The number of ketones is 1. The van der Waals surface area contributed by atoms with Gasteiger partial charge in [0.15, 0.2) is 5.78 Å². The molecular weight excluding hydrogens is 454 g/mol. The van der Waals surface area contributed by atoms with Gasteiger partial charge in [-0.3, -0.25) is 4.79 Å². The molecule has 34 heavy (non-hydrogen) atoms. The van der Waals surface area contributed by atoms with Gasteiger partial charge in [0.05, 0.1) is 10.9 Å². The van der Waals surface area contributed by atoms with Crippen LogP contribution in [0.15, 0.2) is 30.5 Å². The lowest BCUT2D eigenvalue weighted by Crippen LogP contribution is -2.42. The first kappa shape index (κ1) is 24.0. The number of halogens is 1. The molecule has 8 nitrogen and oxygen atoms in total. The van der Waals surface area contributed by atoms with Crippen LogP contribution in [0.5, 0.6) is 0 Å². The van der Waals surface area contributed by atoms with Crippen molar-refractivity contribution >= 4 is 40.3 Å². The fourth-order valence-corrected chi connectivity index (χ4v) is 4.48. The Balaban J connectivity index is 1.50. The molecule has 0 atom stereocenters. The third kappa shape index (κ3) is 5.50. The van der Waals surface area contributed by atoms with Gasteiger partial charge in [0, 0.05) is 23.8 Å². The van der Waals surface area contributed by atoms with E-state index in [1.165, 1.54) is 0 Å². The number of ether oxygens (including phenoxy) is 1. The van der Waals surface area contributed by atoms with Crippen molar-refractivity contribution in [1.29, 1.82) is 0 Å². The molecule has 0 spiro atoms. The van der Waals surface area contributed by atoms with Crippen molar-refractivity contribution in [2.24, 2.45) is 0 Å². The van der Waals surface area contributed by atoms with Crippen molar-refractivity contribution in [3.63, 3.8) is 0 Å². The summed E-state index contributed by atoms with van der Waals surface area (Å²) in [6, 6.07) is 7.68. The molecule has 1 amide bonds. The molecule has 4 rings (SSSR count). The van der Waals surface area contributed by atoms with Crippen LogP contribution in [-0.4, -0.2) is 44.5 Å². The number of H-pyrrole nitrogens is 1. The van der Waals surface area contributed by atoms with Crippen molar-refractivity contribution in [2.75, 3.05) is 5.32 Å². The van der Waals surface area contributed by atoms with Crippen LogP contribution in [0.3, 0.4) is 0 Å². The van der Waals surface area contributed by atoms with Crippen molar-refractivity contribution in [1.82, 2.24) is 20.3 Å². The average Bonchev–Trinajstić information content (AvgIpc) is 3.17. The van der Waals surface area contributed by atoms with Gasteiger partial charge >= 0.3 is 6.09 Å². The lowest BCUT2D eigenvalue weighted by Gasteiger charge is -2.31. The second-order valence-electron chi connectivity index (χ2n) is 9.75. The molecule has 0 unspecified atom stereocenters. The van der Waals surface area contributed by atoms with Crippen molar-refractivity contribution in [2.45, 2.75) is 71.1 Å². The number of rotatable bonds is 5. The molecule has 1 aliphatic carbocycles. The Hall–Kier alpha value is -3.13. The van der Waals surface area contributed by atoms with Gasteiger partial charge in [0.2, 0.25) is 5.28 Å². The zero-order chi connectivity index (χ0) is 24.5. The van der Waals surface area contributed by atoms with Gasteiger partial charge in [-0.2, -0.15) is 4.98 Å². The summed E-state index contributed by atoms with van der Waals surface area (Å²) in [4.78, 5) is 37.2. The molecule has 1 saturated carbocycles. The number of amides is 1. The van der Waals surface area contributed by atoms with Gasteiger partial charge in [0.25, 0.3) is 0 Å². The van der Waals surface area contributed by atoms with E-state index in [9.17, 15) is 9.59 Å². The Morgan fingerprint density at radius 2 is 1.74 bits per heavy atom. The first-order valence-electron chi connectivity index (χ1n) is 11.5. The number of hydrogen-bond acceptors (Lipinski definition) is 6. The third-order valence-electron chi connectivity index (χ3n) is 5.93. The molecule has 9 heteroatoms. The fourth-order valence-electron chi connectivity index (χ4n) is 4.31. The number of benzene rings is 1. The Morgan fingerprint density at radius 1 is 1.06 bits per heavy atom. The van der Waals surface area contributed by atoms with Crippen LogP contribution in [0.25, 0.3) is 11.0 Å². The summed E-state index contributed by atoms with van der Waals surface area (Å²) in [5.74, 6) is 0.445. The maximum atomic E-state index is 13.3. The number of fused-ring (bicyclic) bond motifs is 1. The Morgan fingerprint density at radius 3 is 2.41 bits per heavy atom. The fraction of sp³-hybridized carbons (Fsp3) is 0.440. The normalized spacial score (nSPS) is 18.5. The highest BCUT2D eigenvalue weighted by Crippen LogP contribution is 2.31. The van der Waals surface area contributed by atoms with Gasteiger partial charge in [-0.25, -0.2) is 9.78 Å². The number of hydrogen-bond donors (Lipinski definition) is 3. The molecule has 3 aromatic rings. The maximum Gasteiger partial charge on any atom is 0.407 e. The molecule has 1 aromatic carbocycles. The second kappa shape index (κ2) is 9.62. The SMILES string of the molecule is Cc1ccccc1C(=O)c1c[nH]c2nc(Cl)nc(N[C@H]3CC[C@@H](NC(=O)OC(C)(C)C)CC3)c12. The molecule has 0 aliphatic heterocycles. The van der Waals surface area contributed by atoms with E-state index >= 15 is 0 Å². The summed E-state index contributed by atoms with van der Waals surface area (Å²) in [6.07, 6.45) is 4.54. The van der Waals surface area contributed by atoms with Crippen molar-refractivity contribution < 1.29 is 14.3 Å². The van der Waals surface area contributed by atoms with E-state index in [2.05, 4.69) is 25.6 Å². The number of alkyl carbamates (subject to hydrolysis) is 1. The summed E-state index contributed by atoms with van der Waals surface area (Å²) >= 11 is 6.18. The topological polar surface area (TPSA) is 109 Å². The third-order valence-corrected chi connectivity index (χ3v) is 6.10. The molecular formula is C25H30ClN5O3. The monoisotopic (exact) mass is 483 g/mol. The Labute approximate surface area is 203 Å². The quantitative estimate of drug-likeness (QED) is 0.331. The first-order chi connectivity index (χ1) is 16.1. The predicted octanol–water partition coefficient (Wildman–Crippen LogP) is 5.40. The van der Waals surface area contributed by atoms with Gasteiger partial charge in [-0.05, 0) is 70.5 Å². The number of nitrogens with one attached hydrogen (secondary N) is 3. The molecule has 180 valence electrons. The van der Waals surface area contributed by atoms with E-state index in [1.807, 2.05) is 52.0 Å². The molecule has 1 aliphatic rings. The minimum absolute atomic E-state index is 0.0624. The molecule has 1 fully saturated rings. The van der Waals surface area contributed by atoms with Crippen LogP contribution in [0.4, 0.5) is 10.6 Å². The number of carbonyl (C=O) groups is 2. The van der Waals surface area contributed by atoms with E-state index in [1.54, 1.807) is 6.20 Å². The van der Waals surface area contributed by atoms with Crippen LogP contribution in [0.2, 0.25) is 5.28 Å². The lowest BCUT2D eigenvalue weighted by atomic mass is 9.91. The first-order valence-corrected chi connectivity index (χ1v) is 11.9. The number of aromatic amines is 1. The summed E-state index contributed by atoms with van der Waals surface area (Å²) in [5, 5.41) is 7.16. The Bertz CT molecular complexity index is 1210. The largest absolute Gasteiger partial charge is 0.444 e. The van der Waals surface area contributed by atoms with Crippen LogP contribution in [-0.2, 0) is 4.74 Å². The van der Waals surface area contributed by atoms with Crippen LogP contribution in [0, 0.1) is 6.92 Å². The maximum absolute atomic E-state index is 13.3. The van der Waals surface area contributed by atoms with Gasteiger partial charge < -0.3 is 20.4 Å². The number of aromatic nitrogens is 3. The van der Waals surface area contributed by atoms with Crippen LogP contribution in [0.1, 0.15) is 67.9 Å². The molecule has 2 heterocycles. The highest BCUT2D eigenvalue weighted by Gasteiger charge is 2.27.